The molecule has 6 heteroatoms. The summed E-state index contributed by atoms with van der Waals surface area (Å²) < 4.78 is 5.54. The average Bonchev–Trinajstić information content (AvgIpc) is 2.35. The third-order valence-corrected chi connectivity index (χ3v) is 3.05. The highest BCUT2D eigenvalue weighted by atomic mass is 35.5. The Morgan fingerprint density at radius 1 is 1.21 bits per heavy atom. The van der Waals surface area contributed by atoms with Crippen LogP contribution >= 0.6 is 23.2 Å². The van der Waals surface area contributed by atoms with Gasteiger partial charge in [-0.15, -0.1) is 0 Å². The number of aryl methyl sites for hydroxylation is 1. The summed E-state index contributed by atoms with van der Waals surface area (Å²) in [4.78, 5) is 4.17. The topological polar surface area (TPSA) is 71.9 Å². The van der Waals surface area contributed by atoms with Crippen LogP contribution in [-0.4, -0.2) is 4.98 Å². The van der Waals surface area contributed by atoms with Crippen molar-refractivity contribution in [2.24, 2.45) is 0 Å². The molecule has 0 radical (unpaired) electrons. The minimum absolute atomic E-state index is 0.279. The van der Waals surface area contributed by atoms with Crippen molar-refractivity contribution in [1.82, 2.24) is 4.98 Å². The van der Waals surface area contributed by atoms with Crippen LogP contribution in [0.3, 0.4) is 0 Å². The van der Waals surface area contributed by atoms with Crippen molar-refractivity contribution < 1.29 is 4.74 Å². The number of benzene rings is 1. The Hall–Kier alpha value is -1.96. The van der Waals surface area contributed by atoms with Crippen LogP contribution in [0.4, 0.5) is 5.69 Å². The number of aromatic nitrogens is 1. The molecule has 2 aromatic rings. The number of hydrogen-bond donors (Lipinski definition) is 1. The third-order valence-electron chi connectivity index (χ3n) is 2.33. The van der Waals surface area contributed by atoms with Crippen molar-refractivity contribution in [1.29, 1.82) is 5.26 Å². The Morgan fingerprint density at radius 3 is 2.58 bits per heavy atom. The van der Waals surface area contributed by atoms with Gasteiger partial charge < -0.3 is 10.5 Å². The fourth-order valence-corrected chi connectivity index (χ4v) is 1.83. The van der Waals surface area contributed by atoms with Gasteiger partial charge in [-0.1, -0.05) is 23.2 Å². The van der Waals surface area contributed by atoms with Crippen molar-refractivity contribution in [2.75, 3.05) is 5.73 Å². The monoisotopic (exact) mass is 293 g/mol. The molecule has 1 aromatic heterocycles. The maximum absolute atomic E-state index is 8.89. The largest absolute Gasteiger partial charge is 0.437 e. The number of pyridine rings is 1. The lowest BCUT2D eigenvalue weighted by atomic mass is 10.2. The van der Waals surface area contributed by atoms with Gasteiger partial charge in [0.25, 0.3) is 0 Å². The molecule has 0 atom stereocenters. The first-order valence-electron chi connectivity index (χ1n) is 5.31. The lowest BCUT2D eigenvalue weighted by molar-refractivity contribution is 0.464. The van der Waals surface area contributed by atoms with Gasteiger partial charge in [-0.05, 0) is 19.1 Å². The van der Waals surface area contributed by atoms with E-state index in [2.05, 4.69) is 4.98 Å². The van der Waals surface area contributed by atoms with E-state index < -0.39 is 0 Å². The zero-order chi connectivity index (χ0) is 14.0. The molecule has 19 heavy (non-hydrogen) atoms. The van der Waals surface area contributed by atoms with Crippen LogP contribution < -0.4 is 10.5 Å². The van der Waals surface area contributed by atoms with E-state index in [9.17, 15) is 0 Å². The number of anilines is 1. The van der Waals surface area contributed by atoms with E-state index in [4.69, 9.17) is 38.9 Å². The minimum Gasteiger partial charge on any atom is -0.437 e. The first-order chi connectivity index (χ1) is 8.99. The molecule has 0 amide bonds. The zero-order valence-electron chi connectivity index (χ0n) is 9.95. The third kappa shape index (κ3) is 3.08. The SMILES string of the molecule is Cc1cc(C#N)cc(Oc2cc(Cl)c(Cl)cc2N)n1. The van der Waals surface area contributed by atoms with Crippen LogP contribution in [0.1, 0.15) is 11.3 Å². The molecule has 0 aliphatic heterocycles. The zero-order valence-corrected chi connectivity index (χ0v) is 11.5. The minimum atomic E-state index is 0.279. The number of hydrogen-bond acceptors (Lipinski definition) is 4. The van der Waals surface area contributed by atoms with E-state index in [1.165, 1.54) is 18.2 Å². The highest BCUT2D eigenvalue weighted by molar-refractivity contribution is 6.42. The Kier molecular flexibility index (Phi) is 3.79. The summed E-state index contributed by atoms with van der Waals surface area (Å²) in [6.45, 7) is 1.77. The number of nitrogens with zero attached hydrogens (tertiary/aromatic N) is 2. The van der Waals surface area contributed by atoms with E-state index >= 15 is 0 Å². The second-order valence-corrected chi connectivity index (χ2v) is 4.67. The van der Waals surface area contributed by atoms with Crippen molar-refractivity contribution in [2.45, 2.75) is 6.92 Å². The van der Waals surface area contributed by atoms with Crippen LogP contribution in [0.25, 0.3) is 0 Å². The second kappa shape index (κ2) is 5.35. The summed E-state index contributed by atoms with van der Waals surface area (Å²) in [5.74, 6) is 0.623. The summed E-state index contributed by atoms with van der Waals surface area (Å²) in [6.07, 6.45) is 0. The number of halogens is 2. The van der Waals surface area contributed by atoms with Crippen molar-refractivity contribution in [3.05, 3.63) is 45.6 Å². The fourth-order valence-electron chi connectivity index (χ4n) is 1.50. The first-order valence-corrected chi connectivity index (χ1v) is 6.06. The van der Waals surface area contributed by atoms with Gasteiger partial charge in [0.15, 0.2) is 5.75 Å². The molecule has 0 saturated heterocycles. The summed E-state index contributed by atoms with van der Waals surface area (Å²) in [5.41, 5.74) is 7.26. The lowest BCUT2D eigenvalue weighted by Crippen LogP contribution is -1.96. The normalized spacial score (nSPS) is 10.0. The number of nitrogens with two attached hydrogens (primary N) is 1. The van der Waals surface area contributed by atoms with Gasteiger partial charge in [-0.2, -0.15) is 5.26 Å². The Labute approximate surface area is 120 Å². The number of ether oxygens (including phenoxy) is 1. The van der Waals surface area contributed by atoms with Gasteiger partial charge in [0.1, 0.15) is 0 Å². The molecule has 0 spiro atoms. The standard InChI is InChI=1S/C13H9Cl2N3O/c1-7-2-8(6-16)3-13(18-7)19-12-5-10(15)9(14)4-11(12)17/h2-5H,17H2,1H3. The molecule has 0 unspecified atom stereocenters. The molecule has 1 aromatic carbocycles. The molecule has 0 aliphatic rings. The van der Waals surface area contributed by atoms with E-state index in [-0.39, 0.29) is 5.88 Å². The van der Waals surface area contributed by atoms with Gasteiger partial charge in [0, 0.05) is 17.8 Å². The molecule has 0 aliphatic carbocycles. The molecular weight excluding hydrogens is 285 g/mol. The summed E-state index contributed by atoms with van der Waals surface area (Å²) >= 11 is 11.7. The van der Waals surface area contributed by atoms with Gasteiger partial charge in [0.2, 0.25) is 5.88 Å². The average molecular weight is 294 g/mol. The summed E-state index contributed by atoms with van der Waals surface area (Å²) in [5, 5.41) is 9.57. The number of nitriles is 1. The van der Waals surface area contributed by atoms with E-state index in [1.54, 1.807) is 13.0 Å². The van der Waals surface area contributed by atoms with Crippen molar-refractivity contribution in [3.63, 3.8) is 0 Å². The molecule has 96 valence electrons. The number of rotatable bonds is 2. The molecule has 0 saturated carbocycles. The van der Waals surface area contributed by atoms with E-state index in [0.29, 0.717) is 32.7 Å². The van der Waals surface area contributed by atoms with Crippen LogP contribution in [0.2, 0.25) is 10.0 Å². The summed E-state index contributed by atoms with van der Waals surface area (Å²) in [6, 6.07) is 8.22. The van der Waals surface area contributed by atoms with Crippen LogP contribution in [0.15, 0.2) is 24.3 Å². The molecule has 0 bridgehead atoms. The van der Waals surface area contributed by atoms with Gasteiger partial charge >= 0.3 is 0 Å². The van der Waals surface area contributed by atoms with E-state index in [0.717, 1.165) is 0 Å². The fraction of sp³-hybridized carbons (Fsp3) is 0.0769. The number of nitrogen functional groups attached to an aromatic ring is 1. The molecular formula is C13H9Cl2N3O. The Balaban J connectivity index is 2.39. The van der Waals surface area contributed by atoms with Crippen LogP contribution in [0, 0.1) is 18.3 Å². The predicted molar refractivity (Wildman–Crippen MR) is 74.6 cm³/mol. The molecule has 4 nitrogen and oxygen atoms in total. The highest BCUT2D eigenvalue weighted by Crippen LogP contribution is 2.34. The van der Waals surface area contributed by atoms with Crippen molar-refractivity contribution >= 4 is 28.9 Å². The van der Waals surface area contributed by atoms with Crippen LogP contribution in [0.5, 0.6) is 11.6 Å². The Morgan fingerprint density at radius 2 is 1.89 bits per heavy atom. The van der Waals surface area contributed by atoms with Crippen LogP contribution in [-0.2, 0) is 0 Å². The van der Waals surface area contributed by atoms with Gasteiger partial charge in [-0.3, -0.25) is 0 Å². The second-order valence-electron chi connectivity index (χ2n) is 3.85. The molecule has 2 N–H and O–H groups in total. The van der Waals surface area contributed by atoms with Gasteiger partial charge in [-0.25, -0.2) is 4.98 Å². The predicted octanol–water partition coefficient (Wildman–Crippen LogP) is 3.94. The summed E-state index contributed by atoms with van der Waals surface area (Å²) in [7, 11) is 0. The smallest absolute Gasteiger partial charge is 0.220 e. The van der Waals surface area contributed by atoms with Gasteiger partial charge in [0.05, 0.1) is 27.4 Å². The molecule has 1 heterocycles. The quantitative estimate of drug-likeness (QED) is 0.851. The van der Waals surface area contributed by atoms with E-state index in [1.807, 2.05) is 6.07 Å². The Bertz CT molecular complexity index is 680. The molecule has 2 rings (SSSR count). The van der Waals surface area contributed by atoms with Crippen molar-refractivity contribution in [3.8, 4) is 17.7 Å². The maximum atomic E-state index is 8.89. The lowest BCUT2D eigenvalue weighted by Gasteiger charge is -2.09. The first kappa shape index (κ1) is 13.5. The highest BCUT2D eigenvalue weighted by Gasteiger charge is 2.09. The molecule has 0 fully saturated rings. The maximum Gasteiger partial charge on any atom is 0.220 e.